The Hall–Kier alpha value is -2.22. The maximum atomic E-state index is 12.1. The molecule has 1 heterocycles. The van der Waals surface area contributed by atoms with Gasteiger partial charge in [0.05, 0.1) is 5.56 Å². The number of nitrogens with zero attached hydrogens (tertiary/aromatic N) is 2. The third-order valence-corrected chi connectivity index (χ3v) is 3.45. The van der Waals surface area contributed by atoms with Crippen LogP contribution in [0.4, 0.5) is 10.5 Å². The van der Waals surface area contributed by atoms with Gasteiger partial charge in [-0.05, 0) is 56.9 Å². The van der Waals surface area contributed by atoms with Gasteiger partial charge >= 0.3 is 6.09 Å². The SMILES string of the molecule is CC(C)(C)OC(=O)N1CCc2cc(N)c(C#N)cc2CC1. The van der Waals surface area contributed by atoms with Crippen molar-refractivity contribution >= 4 is 11.8 Å². The summed E-state index contributed by atoms with van der Waals surface area (Å²) in [5, 5.41) is 9.04. The molecular formula is C16H21N3O2. The Labute approximate surface area is 125 Å². The Balaban J connectivity index is 2.14. The van der Waals surface area contributed by atoms with Gasteiger partial charge in [0, 0.05) is 18.8 Å². The molecule has 112 valence electrons. The lowest BCUT2D eigenvalue weighted by molar-refractivity contribution is 0.0258. The van der Waals surface area contributed by atoms with Crippen LogP contribution in [0.1, 0.15) is 37.5 Å². The highest BCUT2D eigenvalue weighted by Crippen LogP contribution is 2.23. The summed E-state index contributed by atoms with van der Waals surface area (Å²) in [7, 11) is 0. The molecule has 0 atom stereocenters. The van der Waals surface area contributed by atoms with Gasteiger partial charge in [-0.2, -0.15) is 5.26 Å². The molecule has 1 aliphatic heterocycles. The van der Waals surface area contributed by atoms with Gasteiger partial charge in [0.1, 0.15) is 11.7 Å². The highest BCUT2D eigenvalue weighted by atomic mass is 16.6. The molecule has 0 aliphatic carbocycles. The number of hydrogen-bond donors (Lipinski definition) is 1. The van der Waals surface area contributed by atoms with Crippen molar-refractivity contribution in [3.63, 3.8) is 0 Å². The van der Waals surface area contributed by atoms with Crippen molar-refractivity contribution in [1.82, 2.24) is 4.90 Å². The highest BCUT2D eigenvalue weighted by Gasteiger charge is 2.24. The van der Waals surface area contributed by atoms with Crippen molar-refractivity contribution in [2.45, 2.75) is 39.2 Å². The molecule has 1 amide bonds. The number of nitrogen functional groups attached to an aromatic ring is 1. The molecular weight excluding hydrogens is 266 g/mol. The van der Waals surface area contributed by atoms with Gasteiger partial charge < -0.3 is 15.4 Å². The van der Waals surface area contributed by atoms with E-state index >= 15 is 0 Å². The van der Waals surface area contributed by atoms with Gasteiger partial charge in [-0.3, -0.25) is 0 Å². The molecule has 5 nitrogen and oxygen atoms in total. The van der Waals surface area contributed by atoms with E-state index in [0.29, 0.717) is 30.8 Å². The number of carbonyl (C=O) groups excluding carboxylic acids is 1. The van der Waals surface area contributed by atoms with E-state index in [9.17, 15) is 4.79 Å². The Kier molecular flexibility index (Phi) is 4.08. The predicted octanol–water partition coefficient (Wildman–Crippen LogP) is 2.48. The van der Waals surface area contributed by atoms with Crippen molar-refractivity contribution in [2.24, 2.45) is 0 Å². The van der Waals surface area contributed by atoms with Crippen LogP contribution in [0.3, 0.4) is 0 Å². The predicted molar refractivity (Wildman–Crippen MR) is 80.8 cm³/mol. The second kappa shape index (κ2) is 5.65. The number of hydrogen-bond acceptors (Lipinski definition) is 4. The first-order valence-electron chi connectivity index (χ1n) is 7.09. The zero-order chi connectivity index (χ0) is 15.6. The van der Waals surface area contributed by atoms with Crippen LogP contribution < -0.4 is 5.73 Å². The fourth-order valence-corrected chi connectivity index (χ4v) is 2.40. The van der Waals surface area contributed by atoms with Crippen molar-refractivity contribution in [3.8, 4) is 6.07 Å². The van der Waals surface area contributed by atoms with E-state index in [0.717, 1.165) is 17.5 Å². The number of fused-ring (bicyclic) bond motifs is 1. The summed E-state index contributed by atoms with van der Waals surface area (Å²) in [5.74, 6) is 0. The molecule has 1 aliphatic rings. The number of nitriles is 1. The number of amides is 1. The molecule has 0 saturated carbocycles. The zero-order valence-electron chi connectivity index (χ0n) is 12.8. The third-order valence-electron chi connectivity index (χ3n) is 3.45. The summed E-state index contributed by atoms with van der Waals surface area (Å²) in [5.41, 5.74) is 8.56. The summed E-state index contributed by atoms with van der Waals surface area (Å²) < 4.78 is 5.41. The standard InChI is InChI=1S/C16H21N3O2/c1-16(2,3)21-15(20)19-6-4-11-8-13(10-17)14(18)9-12(11)5-7-19/h8-9H,4-7,18H2,1-3H3. The zero-order valence-corrected chi connectivity index (χ0v) is 12.8. The Morgan fingerprint density at radius 3 is 2.38 bits per heavy atom. The maximum Gasteiger partial charge on any atom is 0.410 e. The molecule has 1 aromatic carbocycles. The molecule has 0 spiro atoms. The lowest BCUT2D eigenvalue weighted by Gasteiger charge is -2.26. The van der Waals surface area contributed by atoms with Gasteiger partial charge in [0.15, 0.2) is 0 Å². The Morgan fingerprint density at radius 2 is 1.86 bits per heavy atom. The number of carbonyl (C=O) groups is 1. The average molecular weight is 287 g/mol. The van der Waals surface area contributed by atoms with Crippen LogP contribution in [0.15, 0.2) is 12.1 Å². The fourth-order valence-electron chi connectivity index (χ4n) is 2.40. The van der Waals surface area contributed by atoms with E-state index in [4.69, 9.17) is 15.7 Å². The first-order chi connectivity index (χ1) is 9.80. The summed E-state index contributed by atoms with van der Waals surface area (Å²) >= 11 is 0. The van der Waals surface area contributed by atoms with E-state index in [1.807, 2.05) is 32.9 Å². The van der Waals surface area contributed by atoms with Crippen LogP contribution in [0.25, 0.3) is 0 Å². The number of ether oxygens (including phenoxy) is 1. The number of benzene rings is 1. The van der Waals surface area contributed by atoms with Crippen molar-refractivity contribution < 1.29 is 9.53 Å². The van der Waals surface area contributed by atoms with Gasteiger partial charge in [-0.15, -0.1) is 0 Å². The minimum absolute atomic E-state index is 0.288. The summed E-state index contributed by atoms with van der Waals surface area (Å²) in [6.07, 6.45) is 1.15. The van der Waals surface area contributed by atoms with Crippen LogP contribution >= 0.6 is 0 Å². The summed E-state index contributed by atoms with van der Waals surface area (Å²) in [6, 6.07) is 5.79. The number of anilines is 1. The molecule has 0 aromatic heterocycles. The molecule has 0 fully saturated rings. The fraction of sp³-hybridized carbons (Fsp3) is 0.500. The van der Waals surface area contributed by atoms with Gasteiger partial charge in [-0.25, -0.2) is 4.79 Å². The molecule has 0 saturated heterocycles. The largest absolute Gasteiger partial charge is 0.444 e. The first kappa shape index (κ1) is 15.2. The highest BCUT2D eigenvalue weighted by molar-refractivity contribution is 5.68. The minimum Gasteiger partial charge on any atom is -0.444 e. The smallest absolute Gasteiger partial charge is 0.410 e. The Morgan fingerprint density at radius 1 is 1.29 bits per heavy atom. The van der Waals surface area contributed by atoms with Crippen LogP contribution in [-0.4, -0.2) is 29.7 Å². The molecule has 5 heteroatoms. The van der Waals surface area contributed by atoms with Crippen molar-refractivity contribution in [3.05, 3.63) is 28.8 Å². The second-order valence-electron chi connectivity index (χ2n) is 6.29. The van der Waals surface area contributed by atoms with E-state index in [1.54, 1.807) is 4.90 Å². The number of nitrogens with two attached hydrogens (primary N) is 1. The average Bonchev–Trinajstić information content (AvgIpc) is 2.57. The molecule has 2 rings (SSSR count). The van der Waals surface area contributed by atoms with E-state index in [-0.39, 0.29) is 6.09 Å². The molecule has 0 radical (unpaired) electrons. The summed E-state index contributed by atoms with van der Waals surface area (Å²) in [6.45, 7) is 6.77. The van der Waals surface area contributed by atoms with Gasteiger partial charge in [0.2, 0.25) is 0 Å². The van der Waals surface area contributed by atoms with Crippen LogP contribution in [0, 0.1) is 11.3 Å². The van der Waals surface area contributed by atoms with Crippen LogP contribution in [-0.2, 0) is 17.6 Å². The van der Waals surface area contributed by atoms with Crippen LogP contribution in [0.5, 0.6) is 0 Å². The summed E-state index contributed by atoms with van der Waals surface area (Å²) in [4.78, 5) is 13.9. The minimum atomic E-state index is -0.491. The first-order valence-corrected chi connectivity index (χ1v) is 7.09. The topological polar surface area (TPSA) is 79.3 Å². The quantitative estimate of drug-likeness (QED) is 0.743. The monoisotopic (exact) mass is 287 g/mol. The number of rotatable bonds is 0. The Bertz CT molecular complexity index is 597. The molecule has 0 bridgehead atoms. The van der Waals surface area contributed by atoms with Crippen molar-refractivity contribution in [2.75, 3.05) is 18.8 Å². The second-order valence-corrected chi connectivity index (χ2v) is 6.29. The lowest BCUT2D eigenvalue weighted by Crippen LogP contribution is -2.38. The third kappa shape index (κ3) is 3.66. The maximum absolute atomic E-state index is 12.1. The van der Waals surface area contributed by atoms with E-state index in [2.05, 4.69) is 6.07 Å². The molecule has 1 aromatic rings. The molecule has 2 N–H and O–H groups in total. The van der Waals surface area contributed by atoms with E-state index in [1.165, 1.54) is 0 Å². The normalized spacial score (nSPS) is 14.9. The molecule has 0 unspecified atom stereocenters. The van der Waals surface area contributed by atoms with Gasteiger partial charge in [-0.1, -0.05) is 0 Å². The van der Waals surface area contributed by atoms with Gasteiger partial charge in [0.25, 0.3) is 0 Å². The van der Waals surface area contributed by atoms with Crippen molar-refractivity contribution in [1.29, 1.82) is 5.26 Å². The van der Waals surface area contributed by atoms with E-state index < -0.39 is 5.60 Å². The molecule has 21 heavy (non-hydrogen) atoms. The van der Waals surface area contributed by atoms with Crippen LogP contribution in [0.2, 0.25) is 0 Å². The lowest BCUT2D eigenvalue weighted by atomic mass is 9.99.